The lowest BCUT2D eigenvalue weighted by atomic mass is 10.0. The van der Waals surface area contributed by atoms with Crippen LogP contribution in [0.25, 0.3) is 0 Å². The van der Waals surface area contributed by atoms with Crippen LogP contribution in [-0.2, 0) is 0 Å². The number of halogens is 2. The topological polar surface area (TPSA) is 32.5 Å². The molecule has 1 aromatic carbocycles. The van der Waals surface area contributed by atoms with Crippen LogP contribution in [0.5, 0.6) is 0 Å². The molecule has 0 amide bonds. The third-order valence-corrected chi connectivity index (χ3v) is 5.08. The number of rotatable bonds is 4. The summed E-state index contributed by atoms with van der Waals surface area (Å²) in [5.74, 6) is -0.202. The summed E-state index contributed by atoms with van der Waals surface area (Å²) in [6.45, 7) is 5.87. The zero-order chi connectivity index (χ0) is 15.4. The van der Waals surface area contributed by atoms with E-state index in [1.807, 2.05) is 0 Å². The third kappa shape index (κ3) is 4.03. The second kappa shape index (κ2) is 7.68. The molecule has 0 spiro atoms. The van der Waals surface area contributed by atoms with Crippen LogP contribution in [0, 0.1) is 5.82 Å². The zero-order valence-corrected chi connectivity index (χ0v) is 14.4. The van der Waals surface area contributed by atoms with E-state index in [2.05, 4.69) is 39.7 Å². The van der Waals surface area contributed by atoms with Gasteiger partial charge < -0.3 is 10.6 Å². The maximum atomic E-state index is 13.6. The lowest BCUT2D eigenvalue weighted by molar-refractivity contribution is 0.130. The van der Waals surface area contributed by atoms with Crippen molar-refractivity contribution in [1.29, 1.82) is 0 Å². The summed E-state index contributed by atoms with van der Waals surface area (Å²) in [5.41, 5.74) is 7.02. The average Bonchev–Trinajstić information content (AvgIpc) is 2.65. The van der Waals surface area contributed by atoms with E-state index in [0.29, 0.717) is 12.6 Å². The van der Waals surface area contributed by atoms with Gasteiger partial charge in [0.25, 0.3) is 0 Å². The van der Waals surface area contributed by atoms with E-state index in [9.17, 15) is 4.39 Å². The van der Waals surface area contributed by atoms with Crippen LogP contribution in [0.3, 0.4) is 0 Å². The van der Waals surface area contributed by atoms with Crippen molar-refractivity contribution in [3.63, 3.8) is 0 Å². The summed E-state index contributed by atoms with van der Waals surface area (Å²) in [6.07, 6.45) is 2.20. The van der Waals surface area contributed by atoms with Crippen LogP contribution in [0.1, 0.15) is 31.4 Å². The van der Waals surface area contributed by atoms with Crippen LogP contribution in [-0.4, -0.2) is 49.1 Å². The van der Waals surface area contributed by atoms with Gasteiger partial charge in [0.2, 0.25) is 0 Å². The molecule has 2 rings (SSSR count). The van der Waals surface area contributed by atoms with Crippen LogP contribution in [0.15, 0.2) is 22.7 Å². The maximum absolute atomic E-state index is 13.6. The van der Waals surface area contributed by atoms with Gasteiger partial charge in [0.1, 0.15) is 5.82 Å². The van der Waals surface area contributed by atoms with E-state index in [0.717, 1.165) is 42.5 Å². The van der Waals surface area contributed by atoms with Crippen LogP contribution in [0.2, 0.25) is 0 Å². The van der Waals surface area contributed by atoms with Gasteiger partial charge in [-0.2, -0.15) is 0 Å². The molecular weight excluding hydrogens is 333 g/mol. The second-order valence-corrected chi connectivity index (χ2v) is 6.69. The maximum Gasteiger partial charge on any atom is 0.123 e. The Labute approximate surface area is 135 Å². The molecule has 0 aromatic heterocycles. The molecule has 0 saturated carbocycles. The number of hydrogen-bond donors (Lipinski definition) is 1. The lowest BCUT2D eigenvalue weighted by Crippen LogP contribution is -2.44. The van der Waals surface area contributed by atoms with Crippen LogP contribution in [0.4, 0.5) is 4.39 Å². The van der Waals surface area contributed by atoms with Gasteiger partial charge >= 0.3 is 0 Å². The Morgan fingerprint density at radius 2 is 2.19 bits per heavy atom. The Balaban J connectivity index is 2.31. The first-order valence-corrected chi connectivity index (χ1v) is 8.45. The van der Waals surface area contributed by atoms with Crippen molar-refractivity contribution >= 4 is 15.9 Å². The number of nitrogens with two attached hydrogens (primary N) is 1. The van der Waals surface area contributed by atoms with E-state index in [-0.39, 0.29) is 11.9 Å². The number of benzene rings is 1. The van der Waals surface area contributed by atoms with Crippen molar-refractivity contribution in [2.24, 2.45) is 5.73 Å². The Morgan fingerprint density at radius 1 is 1.43 bits per heavy atom. The molecule has 1 saturated heterocycles. The highest BCUT2D eigenvalue weighted by atomic mass is 79.9. The predicted octanol–water partition coefficient (Wildman–Crippen LogP) is 3.00. The van der Waals surface area contributed by atoms with E-state index in [1.54, 1.807) is 12.1 Å². The van der Waals surface area contributed by atoms with Gasteiger partial charge in [-0.3, -0.25) is 4.90 Å². The first kappa shape index (κ1) is 16.9. The predicted molar refractivity (Wildman–Crippen MR) is 88.8 cm³/mol. The van der Waals surface area contributed by atoms with E-state index >= 15 is 0 Å². The lowest BCUT2D eigenvalue weighted by Gasteiger charge is -2.37. The molecule has 1 aliphatic rings. The molecule has 3 nitrogen and oxygen atoms in total. The fraction of sp³-hybridized carbons (Fsp3) is 0.625. The summed E-state index contributed by atoms with van der Waals surface area (Å²) in [5, 5.41) is 0. The molecule has 1 aromatic rings. The quantitative estimate of drug-likeness (QED) is 0.898. The Morgan fingerprint density at radius 3 is 2.86 bits per heavy atom. The summed E-state index contributed by atoms with van der Waals surface area (Å²) in [6, 6.07) is 5.39. The highest BCUT2D eigenvalue weighted by Crippen LogP contribution is 2.31. The van der Waals surface area contributed by atoms with Gasteiger partial charge in [0.05, 0.1) is 0 Å². The minimum absolute atomic E-state index is 0.0616. The van der Waals surface area contributed by atoms with Crippen molar-refractivity contribution in [1.82, 2.24) is 9.80 Å². The zero-order valence-electron chi connectivity index (χ0n) is 12.9. The van der Waals surface area contributed by atoms with Crippen molar-refractivity contribution in [2.75, 3.05) is 33.2 Å². The summed E-state index contributed by atoms with van der Waals surface area (Å²) >= 11 is 3.55. The Bertz CT molecular complexity index is 469. The summed E-state index contributed by atoms with van der Waals surface area (Å²) in [4.78, 5) is 4.84. The largest absolute Gasteiger partial charge is 0.329 e. The van der Waals surface area contributed by atoms with Gasteiger partial charge in [-0.15, -0.1) is 0 Å². The molecule has 0 bridgehead atoms. The fourth-order valence-electron chi connectivity index (χ4n) is 3.25. The minimum Gasteiger partial charge on any atom is -0.329 e. The van der Waals surface area contributed by atoms with E-state index in [1.165, 1.54) is 6.07 Å². The van der Waals surface area contributed by atoms with Gasteiger partial charge in [0.15, 0.2) is 0 Å². The van der Waals surface area contributed by atoms with Gasteiger partial charge in [-0.25, -0.2) is 4.39 Å². The van der Waals surface area contributed by atoms with Crippen molar-refractivity contribution < 1.29 is 4.39 Å². The molecular formula is C16H25BrFN3. The normalized spacial score (nSPS) is 23.0. The molecule has 1 aliphatic heterocycles. The van der Waals surface area contributed by atoms with Gasteiger partial charge in [-0.1, -0.05) is 22.9 Å². The van der Waals surface area contributed by atoms with Crippen molar-refractivity contribution in [2.45, 2.75) is 31.8 Å². The molecule has 118 valence electrons. The molecule has 0 aliphatic carbocycles. The fourth-order valence-corrected chi connectivity index (χ4v) is 3.76. The first-order chi connectivity index (χ1) is 10.1. The standard InChI is InChI=1S/C16H25BrFN3/c1-3-13-11-20(2)7-4-8-21(13)16(10-19)14-9-12(18)5-6-15(14)17/h5-6,9,13,16H,3-4,7-8,10-11,19H2,1-2H3. The molecule has 2 N–H and O–H groups in total. The summed E-state index contributed by atoms with van der Waals surface area (Å²) in [7, 11) is 2.17. The number of nitrogens with zero attached hydrogens (tertiary/aromatic N) is 2. The van der Waals surface area contributed by atoms with Gasteiger partial charge in [-0.05, 0) is 50.2 Å². The monoisotopic (exact) mass is 357 g/mol. The van der Waals surface area contributed by atoms with E-state index in [4.69, 9.17) is 5.73 Å². The molecule has 1 fully saturated rings. The smallest absolute Gasteiger partial charge is 0.123 e. The molecule has 0 radical (unpaired) electrons. The van der Waals surface area contributed by atoms with E-state index < -0.39 is 0 Å². The molecule has 5 heteroatoms. The number of hydrogen-bond acceptors (Lipinski definition) is 3. The Hall–Kier alpha value is -0.490. The molecule has 2 atom stereocenters. The summed E-state index contributed by atoms with van der Waals surface area (Å²) < 4.78 is 14.6. The second-order valence-electron chi connectivity index (χ2n) is 5.83. The number of likely N-dealkylation sites (N-methyl/N-ethyl adjacent to an activating group) is 1. The van der Waals surface area contributed by atoms with Crippen LogP contribution >= 0.6 is 15.9 Å². The average molecular weight is 358 g/mol. The van der Waals surface area contributed by atoms with Crippen LogP contribution < -0.4 is 5.73 Å². The first-order valence-electron chi connectivity index (χ1n) is 7.66. The SMILES string of the molecule is CCC1CN(C)CCCN1C(CN)c1cc(F)ccc1Br. The van der Waals surface area contributed by atoms with Crippen molar-refractivity contribution in [3.8, 4) is 0 Å². The minimum atomic E-state index is -0.202. The molecule has 21 heavy (non-hydrogen) atoms. The highest BCUT2D eigenvalue weighted by molar-refractivity contribution is 9.10. The molecule has 1 heterocycles. The van der Waals surface area contributed by atoms with Crippen molar-refractivity contribution in [3.05, 3.63) is 34.1 Å². The Kier molecular flexibility index (Phi) is 6.17. The third-order valence-electron chi connectivity index (χ3n) is 4.36. The molecule has 2 unspecified atom stereocenters. The van der Waals surface area contributed by atoms with Gasteiger partial charge in [0, 0.05) is 36.2 Å². The highest BCUT2D eigenvalue weighted by Gasteiger charge is 2.29.